The Morgan fingerprint density at radius 2 is 2.11 bits per heavy atom. The highest BCUT2D eigenvalue weighted by atomic mass is 16.4. The fourth-order valence-electron chi connectivity index (χ4n) is 2.78. The molecule has 0 aliphatic heterocycles. The summed E-state index contributed by atoms with van der Waals surface area (Å²) < 4.78 is 1.47. The fourth-order valence-corrected chi connectivity index (χ4v) is 2.78. The molecule has 7 nitrogen and oxygen atoms in total. The van der Waals surface area contributed by atoms with Gasteiger partial charge < -0.3 is 5.11 Å². The fraction of sp³-hybridized carbons (Fsp3) is 0.667. The van der Waals surface area contributed by atoms with Crippen LogP contribution in [0.15, 0.2) is 6.33 Å². The van der Waals surface area contributed by atoms with Gasteiger partial charge in [-0.3, -0.25) is 14.9 Å². The molecule has 1 heterocycles. The lowest BCUT2D eigenvalue weighted by Gasteiger charge is -2.26. The molecular formula is C12H18N4O3. The lowest BCUT2D eigenvalue weighted by Crippen LogP contribution is -2.28. The van der Waals surface area contributed by atoms with Crippen LogP contribution in [-0.4, -0.2) is 31.7 Å². The second-order valence-corrected chi connectivity index (χ2v) is 5.21. The van der Waals surface area contributed by atoms with Gasteiger partial charge >= 0.3 is 5.97 Å². The Morgan fingerprint density at radius 3 is 2.63 bits per heavy atom. The molecule has 0 radical (unpaired) electrons. The topological polar surface area (TPSA) is 97.1 Å². The smallest absolute Gasteiger partial charge is 0.303 e. The first-order valence-corrected chi connectivity index (χ1v) is 6.36. The predicted octanol–water partition coefficient (Wildman–Crippen LogP) is 1.18. The van der Waals surface area contributed by atoms with Crippen molar-refractivity contribution in [1.29, 1.82) is 0 Å². The standard InChI is InChI=1S/C12H18N4O3/c1-16-11(13-8-14-16)15-9(17)6-12(7-10(18)19)4-2-3-5-12/h8H,2-7H2,1H3,(H,18,19)(H,13,14,15,17). The SMILES string of the molecule is Cn1ncnc1NC(=O)CC1(CC(=O)O)CCCC1. The molecule has 104 valence electrons. The van der Waals surface area contributed by atoms with Gasteiger partial charge in [-0.2, -0.15) is 10.1 Å². The van der Waals surface area contributed by atoms with E-state index in [9.17, 15) is 9.59 Å². The Kier molecular flexibility index (Phi) is 3.82. The Labute approximate surface area is 111 Å². The van der Waals surface area contributed by atoms with E-state index in [1.807, 2.05) is 0 Å². The minimum absolute atomic E-state index is 0.0548. The third kappa shape index (κ3) is 3.30. The molecule has 0 saturated heterocycles. The number of carboxylic acid groups (broad SMARTS) is 1. The Morgan fingerprint density at radius 1 is 1.42 bits per heavy atom. The van der Waals surface area contributed by atoms with Crippen molar-refractivity contribution in [3.8, 4) is 0 Å². The van der Waals surface area contributed by atoms with E-state index in [0.29, 0.717) is 5.95 Å². The van der Waals surface area contributed by atoms with Crippen molar-refractivity contribution in [2.24, 2.45) is 12.5 Å². The van der Waals surface area contributed by atoms with E-state index in [4.69, 9.17) is 5.11 Å². The van der Waals surface area contributed by atoms with Crippen molar-refractivity contribution in [3.05, 3.63) is 6.33 Å². The van der Waals surface area contributed by atoms with Crippen LogP contribution in [0, 0.1) is 5.41 Å². The van der Waals surface area contributed by atoms with Gasteiger partial charge in [0.05, 0.1) is 6.42 Å². The highest BCUT2D eigenvalue weighted by molar-refractivity contribution is 5.89. The quantitative estimate of drug-likeness (QED) is 0.834. The van der Waals surface area contributed by atoms with Crippen LogP contribution in [0.2, 0.25) is 0 Å². The van der Waals surface area contributed by atoms with E-state index in [1.54, 1.807) is 7.05 Å². The first kappa shape index (κ1) is 13.5. The van der Waals surface area contributed by atoms with Crippen LogP contribution < -0.4 is 5.32 Å². The zero-order valence-electron chi connectivity index (χ0n) is 10.9. The summed E-state index contributed by atoms with van der Waals surface area (Å²) >= 11 is 0. The van der Waals surface area contributed by atoms with Crippen LogP contribution in [-0.2, 0) is 16.6 Å². The van der Waals surface area contributed by atoms with E-state index < -0.39 is 11.4 Å². The van der Waals surface area contributed by atoms with Crippen molar-refractivity contribution in [3.63, 3.8) is 0 Å². The monoisotopic (exact) mass is 266 g/mol. The largest absolute Gasteiger partial charge is 0.481 e. The summed E-state index contributed by atoms with van der Waals surface area (Å²) in [7, 11) is 1.69. The second-order valence-electron chi connectivity index (χ2n) is 5.21. The van der Waals surface area contributed by atoms with E-state index in [-0.39, 0.29) is 18.7 Å². The molecule has 1 aliphatic rings. The molecule has 1 amide bonds. The van der Waals surface area contributed by atoms with E-state index in [0.717, 1.165) is 25.7 Å². The number of aliphatic carboxylic acids is 1. The molecule has 0 aromatic carbocycles. The van der Waals surface area contributed by atoms with E-state index in [1.165, 1.54) is 11.0 Å². The van der Waals surface area contributed by atoms with Crippen molar-refractivity contribution in [1.82, 2.24) is 14.8 Å². The second kappa shape index (κ2) is 5.38. The van der Waals surface area contributed by atoms with Crippen LogP contribution in [0.3, 0.4) is 0 Å². The van der Waals surface area contributed by atoms with Crippen LogP contribution in [0.5, 0.6) is 0 Å². The van der Waals surface area contributed by atoms with E-state index >= 15 is 0 Å². The molecule has 1 aliphatic carbocycles. The maximum Gasteiger partial charge on any atom is 0.303 e. The molecule has 1 aromatic rings. The number of carbonyl (C=O) groups excluding carboxylic acids is 1. The third-order valence-corrected chi connectivity index (χ3v) is 3.69. The molecule has 0 unspecified atom stereocenters. The summed E-state index contributed by atoms with van der Waals surface area (Å²) in [6.07, 6.45) is 5.22. The third-order valence-electron chi connectivity index (χ3n) is 3.69. The number of nitrogens with zero attached hydrogens (tertiary/aromatic N) is 3. The summed E-state index contributed by atoms with van der Waals surface area (Å²) in [6.45, 7) is 0. The molecule has 1 saturated carbocycles. The van der Waals surface area contributed by atoms with Crippen molar-refractivity contribution in [2.45, 2.75) is 38.5 Å². The number of hydrogen-bond acceptors (Lipinski definition) is 4. The van der Waals surface area contributed by atoms with Gasteiger partial charge in [-0.05, 0) is 18.3 Å². The Hall–Kier alpha value is -1.92. The first-order chi connectivity index (χ1) is 9.01. The molecule has 0 bridgehead atoms. The number of carbonyl (C=O) groups is 2. The van der Waals surface area contributed by atoms with Crippen molar-refractivity contribution in [2.75, 3.05) is 5.32 Å². The summed E-state index contributed by atoms with van der Waals surface area (Å²) in [5, 5.41) is 15.5. The van der Waals surface area contributed by atoms with Crippen LogP contribution in [0.25, 0.3) is 0 Å². The molecular weight excluding hydrogens is 248 g/mol. The molecule has 1 fully saturated rings. The molecule has 2 rings (SSSR count). The number of rotatable bonds is 5. The van der Waals surface area contributed by atoms with Crippen molar-refractivity contribution < 1.29 is 14.7 Å². The zero-order valence-corrected chi connectivity index (χ0v) is 10.9. The average molecular weight is 266 g/mol. The molecule has 0 spiro atoms. The van der Waals surface area contributed by atoms with Crippen LogP contribution in [0.1, 0.15) is 38.5 Å². The number of nitrogens with one attached hydrogen (secondary N) is 1. The maximum atomic E-state index is 12.0. The van der Waals surface area contributed by atoms with Gasteiger partial charge in [-0.25, -0.2) is 4.68 Å². The molecule has 19 heavy (non-hydrogen) atoms. The van der Waals surface area contributed by atoms with Crippen LogP contribution in [0.4, 0.5) is 5.95 Å². The Balaban J connectivity index is 1.99. The van der Waals surface area contributed by atoms with Gasteiger partial charge in [0, 0.05) is 13.5 Å². The van der Waals surface area contributed by atoms with Gasteiger partial charge in [0.1, 0.15) is 6.33 Å². The van der Waals surface area contributed by atoms with Crippen LogP contribution >= 0.6 is 0 Å². The lowest BCUT2D eigenvalue weighted by atomic mass is 9.79. The number of aryl methyl sites for hydroxylation is 1. The summed E-state index contributed by atoms with van der Waals surface area (Å²) in [4.78, 5) is 26.9. The summed E-state index contributed by atoms with van der Waals surface area (Å²) in [5.41, 5.74) is -0.394. The number of amides is 1. The minimum Gasteiger partial charge on any atom is -0.481 e. The highest BCUT2D eigenvalue weighted by Gasteiger charge is 2.38. The lowest BCUT2D eigenvalue weighted by molar-refractivity contribution is -0.140. The molecule has 7 heteroatoms. The van der Waals surface area contributed by atoms with Crippen molar-refractivity contribution >= 4 is 17.8 Å². The average Bonchev–Trinajstić information content (AvgIpc) is 2.89. The highest BCUT2D eigenvalue weighted by Crippen LogP contribution is 2.44. The van der Waals surface area contributed by atoms with Gasteiger partial charge in [0.15, 0.2) is 0 Å². The molecule has 2 N–H and O–H groups in total. The molecule has 1 aromatic heterocycles. The number of hydrogen-bond donors (Lipinski definition) is 2. The Bertz CT molecular complexity index is 477. The van der Waals surface area contributed by atoms with Gasteiger partial charge in [-0.1, -0.05) is 12.8 Å². The van der Waals surface area contributed by atoms with Gasteiger partial charge in [0.2, 0.25) is 11.9 Å². The van der Waals surface area contributed by atoms with Gasteiger partial charge in [0.25, 0.3) is 0 Å². The first-order valence-electron chi connectivity index (χ1n) is 6.36. The zero-order chi connectivity index (χ0) is 13.9. The summed E-state index contributed by atoms with van der Waals surface area (Å²) in [6, 6.07) is 0. The summed E-state index contributed by atoms with van der Waals surface area (Å²) in [5.74, 6) is -0.652. The number of carboxylic acids is 1. The normalized spacial score (nSPS) is 17.3. The van der Waals surface area contributed by atoms with E-state index in [2.05, 4.69) is 15.4 Å². The minimum atomic E-state index is -0.839. The molecule has 0 atom stereocenters. The predicted molar refractivity (Wildman–Crippen MR) is 67.4 cm³/mol. The maximum absolute atomic E-state index is 12.0. The van der Waals surface area contributed by atoms with Gasteiger partial charge in [-0.15, -0.1) is 0 Å². The number of aromatic nitrogens is 3. The number of anilines is 1.